The van der Waals surface area contributed by atoms with Crippen LogP contribution in [0.5, 0.6) is 0 Å². The van der Waals surface area contributed by atoms with Gasteiger partial charge in [0.25, 0.3) is 5.91 Å². The second kappa shape index (κ2) is 7.93. The van der Waals surface area contributed by atoms with Gasteiger partial charge in [-0.2, -0.15) is 5.26 Å². The number of amides is 1. The normalized spacial score (nSPS) is 9.55. The fraction of sp³-hybridized carbons (Fsp3) is 0.400. The van der Waals surface area contributed by atoms with E-state index in [0.717, 1.165) is 0 Å². The first-order valence-electron chi connectivity index (χ1n) is 6.43. The van der Waals surface area contributed by atoms with E-state index in [1.54, 1.807) is 23.2 Å². The molecule has 0 aliphatic rings. The second-order valence-corrected chi connectivity index (χ2v) is 4.41. The van der Waals surface area contributed by atoms with Gasteiger partial charge in [-0.3, -0.25) is 4.79 Å². The lowest BCUT2D eigenvalue weighted by Crippen LogP contribution is -2.38. The number of nitriles is 1. The van der Waals surface area contributed by atoms with Crippen LogP contribution in [-0.4, -0.2) is 34.9 Å². The number of carbonyl (C=O) groups is 1. The van der Waals surface area contributed by atoms with Crippen molar-refractivity contribution in [3.05, 3.63) is 29.6 Å². The topological polar surface area (TPSA) is 83.0 Å². The summed E-state index contributed by atoms with van der Waals surface area (Å²) in [7, 11) is 0. The van der Waals surface area contributed by atoms with Crippen LogP contribution in [0.3, 0.4) is 0 Å². The predicted octanol–water partition coefficient (Wildman–Crippen LogP) is 1.16. The predicted molar refractivity (Wildman–Crippen MR) is 76.6 cm³/mol. The SMILES string of the molecule is CC(C)N(CCC#N)C(=O)c1ncccc1C#CCN. The van der Waals surface area contributed by atoms with Crippen molar-refractivity contribution in [3.63, 3.8) is 0 Å². The highest BCUT2D eigenvalue weighted by Gasteiger charge is 2.21. The highest BCUT2D eigenvalue weighted by Crippen LogP contribution is 2.11. The molecule has 5 nitrogen and oxygen atoms in total. The average molecular weight is 270 g/mol. The lowest BCUT2D eigenvalue weighted by Gasteiger charge is -2.25. The third-order valence-corrected chi connectivity index (χ3v) is 2.68. The Morgan fingerprint density at radius 1 is 1.55 bits per heavy atom. The minimum absolute atomic E-state index is 0.00632. The van der Waals surface area contributed by atoms with Crippen LogP contribution in [0.1, 0.15) is 36.3 Å². The molecule has 0 aliphatic carbocycles. The number of hydrogen-bond acceptors (Lipinski definition) is 4. The summed E-state index contributed by atoms with van der Waals surface area (Å²) in [6.07, 6.45) is 1.85. The monoisotopic (exact) mass is 270 g/mol. The van der Waals surface area contributed by atoms with Crippen LogP contribution in [0.4, 0.5) is 0 Å². The van der Waals surface area contributed by atoms with Gasteiger partial charge < -0.3 is 10.6 Å². The van der Waals surface area contributed by atoms with Gasteiger partial charge in [0.2, 0.25) is 0 Å². The highest BCUT2D eigenvalue weighted by molar-refractivity contribution is 5.95. The number of hydrogen-bond donors (Lipinski definition) is 1. The highest BCUT2D eigenvalue weighted by atomic mass is 16.2. The molecule has 1 heterocycles. The number of carbonyl (C=O) groups excluding carboxylic acids is 1. The number of aromatic nitrogens is 1. The molecule has 0 unspecified atom stereocenters. The molecule has 0 saturated carbocycles. The molecule has 2 N–H and O–H groups in total. The van der Waals surface area contributed by atoms with Crippen LogP contribution in [0, 0.1) is 23.2 Å². The molecular formula is C15H18N4O. The first kappa shape index (κ1) is 15.7. The Morgan fingerprint density at radius 2 is 2.30 bits per heavy atom. The van der Waals surface area contributed by atoms with Crippen LogP contribution < -0.4 is 5.73 Å². The largest absolute Gasteiger partial charge is 0.334 e. The molecule has 0 radical (unpaired) electrons. The summed E-state index contributed by atoms with van der Waals surface area (Å²) in [5.41, 5.74) is 6.22. The van der Waals surface area contributed by atoms with Gasteiger partial charge in [0.1, 0.15) is 5.69 Å². The molecule has 0 fully saturated rings. The summed E-state index contributed by atoms with van der Waals surface area (Å²) in [5, 5.41) is 8.68. The summed E-state index contributed by atoms with van der Waals surface area (Å²) in [5.74, 6) is 5.37. The maximum Gasteiger partial charge on any atom is 0.274 e. The van der Waals surface area contributed by atoms with Crippen molar-refractivity contribution in [3.8, 4) is 17.9 Å². The van der Waals surface area contributed by atoms with Gasteiger partial charge in [-0.25, -0.2) is 4.98 Å². The summed E-state index contributed by atoms with van der Waals surface area (Å²) >= 11 is 0. The van der Waals surface area contributed by atoms with Crippen LogP contribution in [0.15, 0.2) is 18.3 Å². The summed E-state index contributed by atoms with van der Waals surface area (Å²) in [4.78, 5) is 18.3. The molecule has 104 valence electrons. The van der Waals surface area contributed by atoms with E-state index < -0.39 is 0 Å². The number of rotatable bonds is 4. The van der Waals surface area contributed by atoms with E-state index in [0.29, 0.717) is 24.2 Å². The Bertz CT molecular complexity index is 563. The van der Waals surface area contributed by atoms with Crippen molar-refractivity contribution in [2.24, 2.45) is 5.73 Å². The van der Waals surface area contributed by atoms with Crippen molar-refractivity contribution in [1.29, 1.82) is 5.26 Å². The number of nitrogens with zero attached hydrogens (tertiary/aromatic N) is 3. The van der Waals surface area contributed by atoms with Gasteiger partial charge in [0, 0.05) is 18.8 Å². The fourth-order valence-corrected chi connectivity index (χ4v) is 1.72. The first-order chi connectivity index (χ1) is 9.61. The van der Waals surface area contributed by atoms with Gasteiger partial charge in [-0.1, -0.05) is 11.8 Å². The zero-order chi connectivity index (χ0) is 15.0. The van der Waals surface area contributed by atoms with Crippen molar-refractivity contribution in [2.45, 2.75) is 26.3 Å². The van der Waals surface area contributed by atoms with Crippen LogP contribution >= 0.6 is 0 Å². The Balaban J connectivity index is 3.09. The van der Waals surface area contributed by atoms with Crippen molar-refractivity contribution < 1.29 is 4.79 Å². The molecule has 0 bridgehead atoms. The second-order valence-electron chi connectivity index (χ2n) is 4.41. The van der Waals surface area contributed by atoms with E-state index >= 15 is 0 Å². The molecule has 20 heavy (non-hydrogen) atoms. The lowest BCUT2D eigenvalue weighted by molar-refractivity contribution is 0.0704. The minimum atomic E-state index is -0.211. The van der Waals surface area contributed by atoms with E-state index in [4.69, 9.17) is 11.0 Å². The molecular weight excluding hydrogens is 252 g/mol. The molecule has 0 saturated heterocycles. The molecule has 0 spiro atoms. The van der Waals surface area contributed by atoms with Gasteiger partial charge in [0.15, 0.2) is 0 Å². The first-order valence-corrected chi connectivity index (χ1v) is 6.43. The number of nitrogens with two attached hydrogens (primary N) is 1. The smallest absolute Gasteiger partial charge is 0.274 e. The van der Waals surface area contributed by atoms with Crippen LogP contribution in [0.25, 0.3) is 0 Å². The van der Waals surface area contributed by atoms with E-state index in [-0.39, 0.29) is 18.5 Å². The van der Waals surface area contributed by atoms with Gasteiger partial charge in [-0.15, -0.1) is 0 Å². The Hall–Kier alpha value is -2.37. The molecule has 5 heteroatoms. The maximum atomic E-state index is 12.5. The lowest BCUT2D eigenvalue weighted by atomic mass is 10.1. The molecule has 1 aromatic rings. The average Bonchev–Trinajstić information content (AvgIpc) is 2.45. The minimum Gasteiger partial charge on any atom is -0.334 e. The van der Waals surface area contributed by atoms with Crippen molar-refractivity contribution in [1.82, 2.24) is 9.88 Å². The van der Waals surface area contributed by atoms with Gasteiger partial charge >= 0.3 is 0 Å². The number of pyridine rings is 1. The maximum absolute atomic E-state index is 12.5. The van der Waals surface area contributed by atoms with E-state index in [1.165, 1.54) is 0 Å². The summed E-state index contributed by atoms with van der Waals surface area (Å²) in [6.45, 7) is 4.42. The van der Waals surface area contributed by atoms with E-state index in [2.05, 4.69) is 16.8 Å². The molecule has 1 aromatic heterocycles. The summed E-state index contributed by atoms with van der Waals surface area (Å²) < 4.78 is 0. The quantitative estimate of drug-likeness (QED) is 0.832. The molecule has 0 atom stereocenters. The van der Waals surface area contributed by atoms with Crippen molar-refractivity contribution >= 4 is 5.91 Å². The molecule has 0 aliphatic heterocycles. The third kappa shape index (κ3) is 4.08. The molecule has 0 aromatic carbocycles. The Labute approximate surface area is 119 Å². The Morgan fingerprint density at radius 3 is 2.90 bits per heavy atom. The van der Waals surface area contributed by atoms with Gasteiger partial charge in [0.05, 0.1) is 24.6 Å². The van der Waals surface area contributed by atoms with Crippen molar-refractivity contribution in [2.75, 3.05) is 13.1 Å². The zero-order valence-electron chi connectivity index (χ0n) is 11.8. The third-order valence-electron chi connectivity index (χ3n) is 2.68. The Kier molecular flexibility index (Phi) is 6.22. The standard InChI is InChI=1S/C15H18N4O/c1-12(2)19(11-5-9-17)15(20)14-13(6-3-8-16)7-4-10-18-14/h4,7,10,12H,5,8,11,16H2,1-2H3. The fourth-order valence-electron chi connectivity index (χ4n) is 1.72. The zero-order valence-corrected chi connectivity index (χ0v) is 11.8. The van der Waals surface area contributed by atoms with Crippen LogP contribution in [-0.2, 0) is 0 Å². The van der Waals surface area contributed by atoms with Crippen LogP contribution in [0.2, 0.25) is 0 Å². The van der Waals surface area contributed by atoms with Gasteiger partial charge in [-0.05, 0) is 26.0 Å². The van der Waals surface area contributed by atoms with E-state index in [9.17, 15) is 4.79 Å². The van der Waals surface area contributed by atoms with E-state index in [1.807, 2.05) is 19.9 Å². The molecule has 1 rings (SSSR count). The summed E-state index contributed by atoms with van der Waals surface area (Å²) in [6, 6.07) is 5.51. The molecule has 1 amide bonds.